The van der Waals surface area contributed by atoms with Crippen molar-refractivity contribution in [2.45, 2.75) is 31.2 Å². The van der Waals surface area contributed by atoms with Crippen LogP contribution >= 0.6 is 0 Å². The molecular formula is C11H13NO4S. The van der Waals surface area contributed by atoms with E-state index in [0.717, 1.165) is 24.7 Å². The van der Waals surface area contributed by atoms with Crippen molar-refractivity contribution in [3.05, 3.63) is 22.4 Å². The highest BCUT2D eigenvalue weighted by Gasteiger charge is 2.29. The molecule has 1 heterocycles. The van der Waals surface area contributed by atoms with Gasteiger partial charge in [-0.3, -0.25) is 0 Å². The summed E-state index contributed by atoms with van der Waals surface area (Å²) in [5.41, 5.74) is 2.04. The Morgan fingerprint density at radius 3 is 2.41 bits per heavy atom. The molecule has 1 aliphatic rings. The first kappa shape index (κ1) is 12.0. The first-order chi connectivity index (χ1) is 7.82. The number of aromatic nitrogens is 1. The minimum Gasteiger partial charge on any atom is -0.478 e. The quantitative estimate of drug-likeness (QED) is 0.851. The molecule has 92 valence electrons. The molecule has 0 saturated heterocycles. The molecule has 2 rings (SSSR count). The molecule has 0 aliphatic heterocycles. The summed E-state index contributed by atoms with van der Waals surface area (Å²) in [6, 6.07) is 0. The number of aromatic carboxylic acids is 1. The summed E-state index contributed by atoms with van der Waals surface area (Å²) in [7, 11) is -3.61. The van der Waals surface area contributed by atoms with E-state index in [-0.39, 0.29) is 10.6 Å². The fourth-order valence-corrected chi connectivity index (χ4v) is 3.20. The summed E-state index contributed by atoms with van der Waals surface area (Å²) in [5, 5.41) is 8.88. The third kappa shape index (κ3) is 1.93. The number of hydrogen-bond acceptors (Lipinski definition) is 4. The maximum atomic E-state index is 11.6. The number of sulfone groups is 1. The molecule has 1 aromatic rings. The van der Waals surface area contributed by atoms with Gasteiger partial charge in [0.05, 0.1) is 0 Å². The average molecular weight is 255 g/mol. The second kappa shape index (κ2) is 3.80. The van der Waals surface area contributed by atoms with E-state index in [1.807, 2.05) is 0 Å². The van der Waals surface area contributed by atoms with Gasteiger partial charge in [0, 0.05) is 11.9 Å². The lowest BCUT2D eigenvalue weighted by molar-refractivity contribution is 0.0690. The normalized spacial score (nSPS) is 14.7. The molecule has 0 unspecified atom stereocenters. The minimum absolute atomic E-state index is 0.134. The predicted octanol–water partition coefficient (Wildman–Crippen LogP) is 0.980. The van der Waals surface area contributed by atoms with Crippen molar-refractivity contribution in [1.29, 1.82) is 0 Å². The lowest BCUT2D eigenvalue weighted by Gasteiger charge is -2.11. The van der Waals surface area contributed by atoms with Crippen LogP contribution in [0.15, 0.2) is 5.03 Å². The first-order valence-electron chi connectivity index (χ1n) is 5.28. The number of pyridine rings is 1. The third-order valence-electron chi connectivity index (χ3n) is 3.00. The summed E-state index contributed by atoms with van der Waals surface area (Å²) in [4.78, 5) is 15.2. The molecule has 1 aliphatic carbocycles. The Bertz CT molecular complexity index is 604. The Morgan fingerprint density at radius 2 is 1.88 bits per heavy atom. The van der Waals surface area contributed by atoms with Crippen LogP contribution in [0.2, 0.25) is 0 Å². The molecule has 0 saturated carbocycles. The first-order valence-corrected chi connectivity index (χ1v) is 7.17. The summed E-state index contributed by atoms with van der Waals surface area (Å²) in [6.07, 6.45) is 3.23. The Balaban J connectivity index is 2.86. The molecule has 17 heavy (non-hydrogen) atoms. The number of nitrogens with zero attached hydrogens (tertiary/aromatic N) is 1. The zero-order valence-electron chi connectivity index (χ0n) is 9.65. The highest BCUT2D eigenvalue weighted by atomic mass is 32.2. The smallest absolute Gasteiger partial charge is 0.338 e. The fraction of sp³-hybridized carbons (Fsp3) is 0.455. The van der Waals surface area contributed by atoms with Crippen molar-refractivity contribution in [3.63, 3.8) is 0 Å². The van der Waals surface area contributed by atoms with Gasteiger partial charge in [-0.15, -0.1) is 0 Å². The van der Waals surface area contributed by atoms with Crippen molar-refractivity contribution < 1.29 is 18.3 Å². The highest BCUT2D eigenvalue weighted by molar-refractivity contribution is 7.90. The van der Waals surface area contributed by atoms with Crippen LogP contribution in [0, 0.1) is 6.92 Å². The second-order valence-electron chi connectivity index (χ2n) is 4.27. The largest absolute Gasteiger partial charge is 0.478 e. The third-order valence-corrected chi connectivity index (χ3v) is 4.00. The minimum atomic E-state index is -3.61. The van der Waals surface area contributed by atoms with E-state index >= 15 is 0 Å². The summed E-state index contributed by atoms with van der Waals surface area (Å²) < 4.78 is 23.2. The fourth-order valence-electron chi connectivity index (χ4n) is 2.31. The summed E-state index contributed by atoms with van der Waals surface area (Å²) in [6.45, 7) is 1.73. The van der Waals surface area contributed by atoms with Gasteiger partial charge in [-0.05, 0) is 37.3 Å². The lowest BCUT2D eigenvalue weighted by Crippen LogP contribution is -2.15. The molecule has 6 heteroatoms. The van der Waals surface area contributed by atoms with E-state index in [0.29, 0.717) is 17.7 Å². The number of carboxylic acid groups (broad SMARTS) is 1. The molecule has 1 N–H and O–H groups in total. The van der Waals surface area contributed by atoms with E-state index in [2.05, 4.69) is 4.98 Å². The SMILES string of the molecule is Cc1nc(S(C)(=O)=O)c(C(=O)O)c2c1CCC2. The zero-order valence-corrected chi connectivity index (χ0v) is 10.5. The van der Waals surface area contributed by atoms with Crippen molar-refractivity contribution >= 4 is 15.8 Å². The van der Waals surface area contributed by atoms with Gasteiger partial charge in [-0.25, -0.2) is 18.2 Å². The Kier molecular flexibility index (Phi) is 2.69. The van der Waals surface area contributed by atoms with E-state index in [4.69, 9.17) is 0 Å². The molecule has 0 aromatic carbocycles. The molecule has 0 amide bonds. The van der Waals surface area contributed by atoms with Gasteiger partial charge in [0.25, 0.3) is 0 Å². The van der Waals surface area contributed by atoms with Crippen LogP contribution in [0.1, 0.15) is 33.6 Å². The molecule has 0 atom stereocenters. The Labute approximate surface area is 99.4 Å². The number of aryl methyl sites for hydroxylation is 1. The molecule has 0 spiro atoms. The highest BCUT2D eigenvalue weighted by Crippen LogP contribution is 2.30. The van der Waals surface area contributed by atoms with Crippen molar-refractivity contribution in [3.8, 4) is 0 Å². The van der Waals surface area contributed by atoms with E-state index in [9.17, 15) is 18.3 Å². The standard InChI is InChI=1S/C11H13NO4S/c1-6-7-4-3-5-8(7)9(11(13)14)10(12-6)17(2,15)16/h3-5H2,1-2H3,(H,13,14). The summed E-state index contributed by atoms with van der Waals surface area (Å²) in [5.74, 6) is -1.21. The molecule has 0 fully saturated rings. The van der Waals surface area contributed by atoms with Crippen molar-refractivity contribution in [2.75, 3.05) is 6.26 Å². The van der Waals surface area contributed by atoms with Crippen molar-refractivity contribution in [2.24, 2.45) is 0 Å². The average Bonchev–Trinajstić information content (AvgIpc) is 2.64. The molecule has 5 nitrogen and oxygen atoms in total. The number of fused-ring (bicyclic) bond motifs is 1. The number of carbonyl (C=O) groups is 1. The van der Waals surface area contributed by atoms with Crippen LogP contribution in [0.3, 0.4) is 0 Å². The molecular weight excluding hydrogens is 242 g/mol. The topological polar surface area (TPSA) is 84.3 Å². The van der Waals surface area contributed by atoms with E-state index < -0.39 is 15.8 Å². The van der Waals surface area contributed by atoms with Crippen LogP contribution in [-0.4, -0.2) is 30.7 Å². The van der Waals surface area contributed by atoms with Gasteiger partial charge in [0.2, 0.25) is 0 Å². The summed E-state index contributed by atoms with van der Waals surface area (Å²) >= 11 is 0. The number of hydrogen-bond donors (Lipinski definition) is 1. The predicted molar refractivity (Wildman–Crippen MR) is 61.1 cm³/mol. The van der Waals surface area contributed by atoms with E-state index in [1.54, 1.807) is 6.92 Å². The van der Waals surface area contributed by atoms with Gasteiger partial charge < -0.3 is 5.11 Å². The molecule has 0 radical (unpaired) electrons. The molecule has 1 aromatic heterocycles. The zero-order chi connectivity index (χ0) is 12.8. The van der Waals surface area contributed by atoms with Crippen LogP contribution in [0.4, 0.5) is 0 Å². The second-order valence-corrected chi connectivity index (χ2v) is 6.20. The Morgan fingerprint density at radius 1 is 1.29 bits per heavy atom. The van der Waals surface area contributed by atoms with Crippen LogP contribution in [0.25, 0.3) is 0 Å². The number of carboxylic acids is 1. The van der Waals surface area contributed by atoms with Crippen LogP contribution < -0.4 is 0 Å². The van der Waals surface area contributed by atoms with Crippen molar-refractivity contribution in [1.82, 2.24) is 4.98 Å². The maximum Gasteiger partial charge on any atom is 0.338 e. The lowest BCUT2D eigenvalue weighted by atomic mass is 10.0. The maximum absolute atomic E-state index is 11.6. The van der Waals surface area contributed by atoms with Gasteiger partial charge in [0.1, 0.15) is 5.56 Å². The van der Waals surface area contributed by atoms with Gasteiger partial charge in [-0.2, -0.15) is 0 Å². The molecule has 0 bridgehead atoms. The van der Waals surface area contributed by atoms with E-state index in [1.165, 1.54) is 0 Å². The van der Waals surface area contributed by atoms with Crippen LogP contribution in [0.5, 0.6) is 0 Å². The van der Waals surface area contributed by atoms with Gasteiger partial charge in [0.15, 0.2) is 14.9 Å². The van der Waals surface area contributed by atoms with Gasteiger partial charge >= 0.3 is 5.97 Å². The Hall–Kier alpha value is -1.43. The number of rotatable bonds is 2. The van der Waals surface area contributed by atoms with Crippen LogP contribution in [-0.2, 0) is 22.7 Å². The monoisotopic (exact) mass is 255 g/mol. The van der Waals surface area contributed by atoms with Gasteiger partial charge in [-0.1, -0.05) is 0 Å².